The Balaban J connectivity index is 2.51. The smallest absolute Gasteiger partial charge is 0.0552 e. The van der Waals surface area contributed by atoms with Crippen LogP contribution in [0, 0.1) is 11.3 Å². The number of piperidine rings is 1. The largest absolute Gasteiger partial charge is 0.396 e. The second kappa shape index (κ2) is 4.21. The van der Waals surface area contributed by atoms with E-state index in [-0.39, 0.29) is 12.0 Å². The van der Waals surface area contributed by atoms with Gasteiger partial charge in [0.15, 0.2) is 0 Å². The average Bonchev–Trinajstić information content (AvgIpc) is 2.05. The summed E-state index contributed by atoms with van der Waals surface area (Å²) in [7, 11) is 1.69. The summed E-state index contributed by atoms with van der Waals surface area (Å²) in [5, 5.41) is 12.6. The van der Waals surface area contributed by atoms with E-state index in [2.05, 4.69) is 12.2 Å². The van der Waals surface area contributed by atoms with Gasteiger partial charge in [-0.3, -0.25) is 0 Å². The molecule has 1 rings (SSSR count). The summed E-state index contributed by atoms with van der Waals surface area (Å²) >= 11 is 0. The maximum Gasteiger partial charge on any atom is 0.0552 e. The molecule has 0 saturated carbocycles. The molecule has 0 spiro atoms. The zero-order valence-electron chi connectivity index (χ0n) is 7.97. The Labute approximate surface area is 74.1 Å². The van der Waals surface area contributed by atoms with Crippen LogP contribution in [0.3, 0.4) is 0 Å². The van der Waals surface area contributed by atoms with Crippen molar-refractivity contribution in [3.05, 3.63) is 0 Å². The second-order valence-corrected chi connectivity index (χ2v) is 4.03. The fourth-order valence-electron chi connectivity index (χ4n) is 2.05. The SMILES string of the molecule is COCC1(CO)CNCC(C)C1. The van der Waals surface area contributed by atoms with Gasteiger partial charge in [-0.15, -0.1) is 0 Å². The molecule has 72 valence electrons. The van der Waals surface area contributed by atoms with E-state index in [0.29, 0.717) is 12.5 Å². The highest BCUT2D eigenvalue weighted by Crippen LogP contribution is 2.28. The van der Waals surface area contributed by atoms with Gasteiger partial charge in [-0.05, 0) is 18.9 Å². The number of methoxy groups -OCH3 is 1. The molecule has 0 aliphatic carbocycles. The first-order valence-corrected chi connectivity index (χ1v) is 4.53. The molecule has 1 aliphatic rings. The third-order valence-electron chi connectivity index (χ3n) is 2.56. The van der Waals surface area contributed by atoms with Crippen LogP contribution < -0.4 is 5.32 Å². The summed E-state index contributed by atoms with van der Waals surface area (Å²) in [5.74, 6) is 0.640. The average molecular weight is 173 g/mol. The van der Waals surface area contributed by atoms with E-state index < -0.39 is 0 Å². The molecule has 0 amide bonds. The Kier molecular flexibility index (Phi) is 3.50. The summed E-state index contributed by atoms with van der Waals surface area (Å²) in [6.45, 7) is 5.01. The third kappa shape index (κ3) is 2.19. The van der Waals surface area contributed by atoms with Crippen LogP contribution in [0.25, 0.3) is 0 Å². The van der Waals surface area contributed by atoms with Gasteiger partial charge in [0, 0.05) is 19.1 Å². The molecule has 0 aromatic carbocycles. The number of hydrogen-bond donors (Lipinski definition) is 2. The van der Waals surface area contributed by atoms with Crippen LogP contribution in [0.5, 0.6) is 0 Å². The first-order valence-electron chi connectivity index (χ1n) is 4.53. The molecule has 3 nitrogen and oxygen atoms in total. The van der Waals surface area contributed by atoms with Crippen LogP contribution in [0.4, 0.5) is 0 Å². The van der Waals surface area contributed by atoms with E-state index in [1.54, 1.807) is 7.11 Å². The van der Waals surface area contributed by atoms with Crippen LogP contribution >= 0.6 is 0 Å². The number of nitrogens with one attached hydrogen (secondary N) is 1. The van der Waals surface area contributed by atoms with Crippen molar-refractivity contribution in [2.75, 3.05) is 33.4 Å². The molecule has 0 bridgehead atoms. The molecule has 0 radical (unpaired) electrons. The maximum atomic E-state index is 9.27. The molecule has 1 saturated heterocycles. The molecule has 1 aliphatic heterocycles. The monoisotopic (exact) mass is 173 g/mol. The van der Waals surface area contributed by atoms with E-state index in [1.807, 2.05) is 0 Å². The van der Waals surface area contributed by atoms with Gasteiger partial charge < -0.3 is 15.2 Å². The molecule has 2 N–H and O–H groups in total. The summed E-state index contributed by atoms with van der Waals surface area (Å²) in [4.78, 5) is 0. The number of rotatable bonds is 3. The Morgan fingerprint density at radius 2 is 2.42 bits per heavy atom. The molecule has 2 unspecified atom stereocenters. The fourth-order valence-corrected chi connectivity index (χ4v) is 2.05. The molecular weight excluding hydrogens is 154 g/mol. The van der Waals surface area contributed by atoms with Crippen LogP contribution in [0.2, 0.25) is 0 Å². The predicted octanol–water partition coefficient (Wildman–Crippen LogP) is 0.241. The minimum atomic E-state index is -0.0353. The van der Waals surface area contributed by atoms with Crippen molar-refractivity contribution in [2.45, 2.75) is 13.3 Å². The second-order valence-electron chi connectivity index (χ2n) is 4.03. The van der Waals surface area contributed by atoms with E-state index in [9.17, 15) is 5.11 Å². The number of aliphatic hydroxyl groups excluding tert-OH is 1. The maximum absolute atomic E-state index is 9.27. The predicted molar refractivity (Wildman–Crippen MR) is 48.0 cm³/mol. The summed E-state index contributed by atoms with van der Waals surface area (Å²) in [6.07, 6.45) is 1.06. The lowest BCUT2D eigenvalue weighted by Gasteiger charge is -2.38. The van der Waals surface area contributed by atoms with Crippen molar-refractivity contribution in [3.8, 4) is 0 Å². The Morgan fingerprint density at radius 3 is 2.92 bits per heavy atom. The van der Waals surface area contributed by atoms with Crippen LogP contribution in [-0.2, 0) is 4.74 Å². The fraction of sp³-hybridized carbons (Fsp3) is 1.00. The summed E-state index contributed by atoms with van der Waals surface area (Å²) < 4.78 is 5.12. The minimum absolute atomic E-state index is 0.0353. The van der Waals surface area contributed by atoms with E-state index in [0.717, 1.165) is 19.5 Å². The minimum Gasteiger partial charge on any atom is -0.396 e. The van der Waals surface area contributed by atoms with Gasteiger partial charge >= 0.3 is 0 Å². The van der Waals surface area contributed by atoms with Gasteiger partial charge in [0.1, 0.15) is 0 Å². The summed E-state index contributed by atoms with van der Waals surface area (Å²) in [6, 6.07) is 0. The highest BCUT2D eigenvalue weighted by atomic mass is 16.5. The molecule has 0 aromatic rings. The third-order valence-corrected chi connectivity index (χ3v) is 2.56. The Morgan fingerprint density at radius 1 is 1.67 bits per heavy atom. The van der Waals surface area contributed by atoms with Crippen molar-refractivity contribution < 1.29 is 9.84 Å². The van der Waals surface area contributed by atoms with Gasteiger partial charge in [-0.2, -0.15) is 0 Å². The van der Waals surface area contributed by atoms with E-state index in [4.69, 9.17) is 4.74 Å². The van der Waals surface area contributed by atoms with Crippen LogP contribution in [0.1, 0.15) is 13.3 Å². The van der Waals surface area contributed by atoms with Gasteiger partial charge in [0.2, 0.25) is 0 Å². The Hall–Kier alpha value is -0.120. The highest BCUT2D eigenvalue weighted by molar-refractivity contribution is 4.87. The van der Waals surface area contributed by atoms with Gasteiger partial charge in [-0.25, -0.2) is 0 Å². The standard InChI is InChI=1S/C9H19NO2/c1-8-3-9(6-11,7-12-2)5-10-4-8/h8,10-11H,3-7H2,1-2H3. The first kappa shape index (κ1) is 9.96. The molecule has 1 fully saturated rings. The lowest BCUT2D eigenvalue weighted by atomic mass is 9.78. The van der Waals surface area contributed by atoms with E-state index >= 15 is 0 Å². The molecule has 3 heteroatoms. The first-order chi connectivity index (χ1) is 5.72. The molecule has 0 aromatic heterocycles. The zero-order chi connectivity index (χ0) is 9.03. The van der Waals surface area contributed by atoms with Crippen molar-refractivity contribution >= 4 is 0 Å². The van der Waals surface area contributed by atoms with Gasteiger partial charge in [0.05, 0.1) is 13.2 Å². The Bertz CT molecular complexity index is 136. The van der Waals surface area contributed by atoms with Crippen molar-refractivity contribution in [3.63, 3.8) is 0 Å². The van der Waals surface area contributed by atoms with Crippen LogP contribution in [-0.4, -0.2) is 38.5 Å². The molecule has 1 heterocycles. The number of aliphatic hydroxyl groups is 1. The van der Waals surface area contributed by atoms with E-state index in [1.165, 1.54) is 0 Å². The number of hydrogen-bond acceptors (Lipinski definition) is 3. The lowest BCUT2D eigenvalue weighted by molar-refractivity contribution is -0.000261. The summed E-state index contributed by atoms with van der Waals surface area (Å²) in [5.41, 5.74) is -0.0353. The van der Waals surface area contributed by atoms with Gasteiger partial charge in [0.25, 0.3) is 0 Å². The van der Waals surface area contributed by atoms with Crippen molar-refractivity contribution in [1.29, 1.82) is 0 Å². The van der Waals surface area contributed by atoms with Crippen molar-refractivity contribution in [2.24, 2.45) is 11.3 Å². The number of ether oxygens (including phenoxy) is 1. The topological polar surface area (TPSA) is 41.5 Å². The normalized spacial score (nSPS) is 36.8. The quantitative estimate of drug-likeness (QED) is 0.642. The molecule has 2 atom stereocenters. The molecular formula is C9H19NO2. The highest BCUT2D eigenvalue weighted by Gasteiger charge is 2.34. The van der Waals surface area contributed by atoms with Gasteiger partial charge in [-0.1, -0.05) is 6.92 Å². The van der Waals surface area contributed by atoms with Crippen molar-refractivity contribution in [1.82, 2.24) is 5.32 Å². The zero-order valence-corrected chi connectivity index (χ0v) is 7.97. The molecule has 12 heavy (non-hydrogen) atoms. The van der Waals surface area contributed by atoms with Crippen LogP contribution in [0.15, 0.2) is 0 Å². The lowest BCUT2D eigenvalue weighted by Crippen LogP contribution is -2.48.